The first-order valence-electron chi connectivity index (χ1n) is 10.3. The number of nitrogens with zero attached hydrogens (tertiary/aromatic N) is 3. The van der Waals surface area contributed by atoms with Crippen molar-refractivity contribution in [2.45, 2.75) is 38.8 Å². The summed E-state index contributed by atoms with van der Waals surface area (Å²) < 4.78 is 0. The molecule has 1 atom stereocenters. The van der Waals surface area contributed by atoms with E-state index in [-0.39, 0.29) is 11.9 Å². The molecule has 4 rings (SSSR count). The number of halogens is 1. The number of nitrogens with one attached hydrogen (secondary N) is 1. The number of rotatable bonds is 5. The van der Waals surface area contributed by atoms with Crippen molar-refractivity contribution in [3.05, 3.63) is 88.5 Å². The molecule has 1 saturated heterocycles. The SMILES string of the molecule is Cc1ncc(C(=O)Nc2ccccc2)c(C2CCCCN2Cc2ccccc2Cl)n1. The van der Waals surface area contributed by atoms with E-state index in [1.54, 1.807) is 6.20 Å². The molecule has 1 amide bonds. The number of hydrogen-bond acceptors (Lipinski definition) is 4. The molecule has 6 heteroatoms. The maximum absolute atomic E-state index is 13.1. The van der Waals surface area contributed by atoms with Gasteiger partial charge in [-0.15, -0.1) is 0 Å². The van der Waals surface area contributed by atoms with E-state index in [1.807, 2.05) is 55.5 Å². The highest BCUT2D eigenvalue weighted by Gasteiger charge is 2.30. The maximum Gasteiger partial charge on any atom is 0.259 e. The summed E-state index contributed by atoms with van der Waals surface area (Å²) in [7, 11) is 0. The molecule has 1 fully saturated rings. The Morgan fingerprint density at radius 3 is 2.70 bits per heavy atom. The predicted octanol–water partition coefficient (Wildman–Crippen LogP) is 5.42. The van der Waals surface area contributed by atoms with Crippen LogP contribution >= 0.6 is 11.6 Å². The number of para-hydroxylation sites is 1. The number of carbonyl (C=O) groups excluding carboxylic acids is 1. The van der Waals surface area contributed by atoms with E-state index in [9.17, 15) is 4.79 Å². The molecule has 0 saturated carbocycles. The van der Waals surface area contributed by atoms with Crippen molar-refractivity contribution in [2.24, 2.45) is 0 Å². The summed E-state index contributed by atoms with van der Waals surface area (Å²) >= 11 is 6.42. The second kappa shape index (κ2) is 9.37. The van der Waals surface area contributed by atoms with E-state index in [1.165, 1.54) is 0 Å². The zero-order valence-corrected chi connectivity index (χ0v) is 17.8. The second-order valence-corrected chi connectivity index (χ2v) is 8.02. The van der Waals surface area contributed by atoms with Crippen LogP contribution in [0.2, 0.25) is 5.02 Å². The van der Waals surface area contributed by atoms with Crippen LogP contribution in [0.15, 0.2) is 60.8 Å². The van der Waals surface area contributed by atoms with Gasteiger partial charge in [-0.2, -0.15) is 0 Å². The van der Waals surface area contributed by atoms with Crippen molar-refractivity contribution in [1.29, 1.82) is 0 Å². The third kappa shape index (κ3) is 4.69. The normalized spacial score (nSPS) is 16.9. The fourth-order valence-corrected chi connectivity index (χ4v) is 4.17. The molecule has 2 aromatic carbocycles. The zero-order chi connectivity index (χ0) is 20.9. The van der Waals surface area contributed by atoms with Crippen LogP contribution in [0.4, 0.5) is 5.69 Å². The lowest BCUT2D eigenvalue weighted by Gasteiger charge is -2.36. The van der Waals surface area contributed by atoms with Crippen LogP contribution in [0.1, 0.15) is 52.7 Å². The summed E-state index contributed by atoms with van der Waals surface area (Å²) in [6.07, 6.45) is 4.83. The summed E-state index contributed by atoms with van der Waals surface area (Å²) in [5, 5.41) is 3.74. The molecule has 0 aliphatic carbocycles. The zero-order valence-electron chi connectivity index (χ0n) is 17.0. The molecule has 0 spiro atoms. The number of piperidine rings is 1. The van der Waals surface area contributed by atoms with Gasteiger partial charge < -0.3 is 5.32 Å². The number of benzene rings is 2. The topological polar surface area (TPSA) is 58.1 Å². The fourth-order valence-electron chi connectivity index (χ4n) is 3.97. The van der Waals surface area contributed by atoms with Gasteiger partial charge in [0, 0.05) is 23.5 Å². The van der Waals surface area contributed by atoms with E-state index in [0.29, 0.717) is 11.4 Å². The van der Waals surface area contributed by atoms with Crippen molar-refractivity contribution < 1.29 is 4.79 Å². The Labute approximate surface area is 182 Å². The third-order valence-electron chi connectivity index (χ3n) is 5.48. The molecule has 3 aromatic rings. The van der Waals surface area contributed by atoms with Gasteiger partial charge in [-0.1, -0.05) is 54.4 Å². The molecule has 1 N–H and O–H groups in total. The summed E-state index contributed by atoms with van der Waals surface area (Å²) in [5.41, 5.74) is 3.17. The summed E-state index contributed by atoms with van der Waals surface area (Å²) in [6, 6.07) is 17.4. The highest BCUT2D eigenvalue weighted by molar-refractivity contribution is 6.31. The minimum atomic E-state index is -0.181. The molecule has 1 aromatic heterocycles. The van der Waals surface area contributed by atoms with Gasteiger partial charge in [0.1, 0.15) is 5.82 Å². The van der Waals surface area contributed by atoms with Gasteiger partial charge in [-0.3, -0.25) is 9.69 Å². The van der Waals surface area contributed by atoms with Gasteiger partial charge in [-0.25, -0.2) is 9.97 Å². The van der Waals surface area contributed by atoms with Gasteiger partial charge in [0.05, 0.1) is 17.3 Å². The molecule has 1 unspecified atom stereocenters. The van der Waals surface area contributed by atoms with Crippen molar-refractivity contribution in [1.82, 2.24) is 14.9 Å². The lowest BCUT2D eigenvalue weighted by atomic mass is 9.95. The number of aryl methyl sites for hydroxylation is 1. The van der Waals surface area contributed by atoms with Crippen LogP contribution in [0.3, 0.4) is 0 Å². The minimum absolute atomic E-state index is 0.0493. The number of carbonyl (C=O) groups is 1. The van der Waals surface area contributed by atoms with Crippen LogP contribution in [0.25, 0.3) is 0 Å². The standard InChI is InChI=1S/C24H25ClN4O/c1-17-26-15-20(24(30)28-19-10-3-2-4-11-19)23(27-17)22-13-7-8-14-29(22)16-18-9-5-6-12-21(18)25/h2-6,9-12,15,22H,7-8,13-14,16H2,1H3,(H,28,30). The highest BCUT2D eigenvalue weighted by Crippen LogP contribution is 2.34. The molecule has 1 aliphatic rings. The lowest BCUT2D eigenvalue weighted by molar-refractivity contribution is 0.101. The molecule has 0 radical (unpaired) electrons. The van der Waals surface area contributed by atoms with E-state index in [0.717, 1.165) is 54.3 Å². The van der Waals surface area contributed by atoms with Gasteiger partial charge in [-0.05, 0) is 50.1 Å². The fraction of sp³-hybridized carbons (Fsp3) is 0.292. The van der Waals surface area contributed by atoms with Crippen LogP contribution in [-0.2, 0) is 6.54 Å². The lowest BCUT2D eigenvalue weighted by Crippen LogP contribution is -2.35. The van der Waals surface area contributed by atoms with Crippen LogP contribution in [0, 0.1) is 6.92 Å². The van der Waals surface area contributed by atoms with Gasteiger partial charge >= 0.3 is 0 Å². The maximum atomic E-state index is 13.1. The van der Waals surface area contributed by atoms with Gasteiger partial charge in [0.2, 0.25) is 0 Å². The summed E-state index contributed by atoms with van der Waals surface area (Å²) in [4.78, 5) is 24.5. The molecule has 5 nitrogen and oxygen atoms in total. The molecular weight excluding hydrogens is 396 g/mol. The Kier molecular flexibility index (Phi) is 6.41. The Morgan fingerprint density at radius 2 is 1.90 bits per heavy atom. The number of aromatic nitrogens is 2. The monoisotopic (exact) mass is 420 g/mol. The van der Waals surface area contributed by atoms with Crippen LogP contribution in [-0.4, -0.2) is 27.3 Å². The number of hydrogen-bond donors (Lipinski definition) is 1. The van der Waals surface area contributed by atoms with Crippen molar-refractivity contribution in [2.75, 3.05) is 11.9 Å². The third-order valence-corrected chi connectivity index (χ3v) is 5.84. The first kappa shape index (κ1) is 20.5. The predicted molar refractivity (Wildman–Crippen MR) is 120 cm³/mol. The van der Waals surface area contributed by atoms with Gasteiger partial charge in [0.25, 0.3) is 5.91 Å². The first-order chi connectivity index (χ1) is 14.6. The minimum Gasteiger partial charge on any atom is -0.322 e. The summed E-state index contributed by atoms with van der Waals surface area (Å²) in [6.45, 7) is 3.54. The van der Waals surface area contributed by atoms with Crippen molar-refractivity contribution >= 4 is 23.2 Å². The molecule has 0 bridgehead atoms. The second-order valence-electron chi connectivity index (χ2n) is 7.61. The molecule has 2 heterocycles. The Hall–Kier alpha value is -2.76. The largest absolute Gasteiger partial charge is 0.322 e. The summed E-state index contributed by atoms with van der Waals surface area (Å²) in [5.74, 6) is 0.490. The molecule has 1 aliphatic heterocycles. The Balaban J connectivity index is 1.64. The molecule has 30 heavy (non-hydrogen) atoms. The van der Waals surface area contributed by atoms with E-state index >= 15 is 0 Å². The smallest absolute Gasteiger partial charge is 0.259 e. The first-order valence-corrected chi connectivity index (χ1v) is 10.7. The van der Waals surface area contributed by atoms with Gasteiger partial charge in [0.15, 0.2) is 0 Å². The molecular formula is C24H25ClN4O. The Bertz CT molecular complexity index is 1020. The number of anilines is 1. The van der Waals surface area contributed by atoms with E-state index in [4.69, 9.17) is 16.6 Å². The average molecular weight is 421 g/mol. The highest BCUT2D eigenvalue weighted by atomic mass is 35.5. The van der Waals surface area contributed by atoms with Crippen molar-refractivity contribution in [3.63, 3.8) is 0 Å². The molecule has 154 valence electrons. The quantitative estimate of drug-likeness (QED) is 0.598. The average Bonchev–Trinajstić information content (AvgIpc) is 2.76. The Morgan fingerprint density at radius 1 is 1.13 bits per heavy atom. The number of likely N-dealkylation sites (tertiary alicyclic amines) is 1. The van der Waals surface area contributed by atoms with E-state index < -0.39 is 0 Å². The van der Waals surface area contributed by atoms with Crippen molar-refractivity contribution in [3.8, 4) is 0 Å². The van der Waals surface area contributed by atoms with Crippen LogP contribution in [0.5, 0.6) is 0 Å². The number of amides is 1. The van der Waals surface area contributed by atoms with Crippen LogP contribution < -0.4 is 5.32 Å². The van der Waals surface area contributed by atoms with E-state index in [2.05, 4.69) is 21.3 Å².